The number of aromatic amines is 2. The molecule has 6 heteroatoms. The predicted octanol–water partition coefficient (Wildman–Crippen LogP) is 1.95. The second-order valence-electron chi connectivity index (χ2n) is 5.90. The number of hydrogen-bond acceptors (Lipinski definition) is 3. The van der Waals surface area contributed by atoms with Gasteiger partial charge in [0.05, 0.1) is 17.1 Å². The van der Waals surface area contributed by atoms with E-state index in [9.17, 15) is 14.9 Å². The van der Waals surface area contributed by atoms with Gasteiger partial charge in [0.1, 0.15) is 5.41 Å². The molecule has 0 bridgehead atoms. The van der Waals surface area contributed by atoms with Gasteiger partial charge in [0.25, 0.3) is 0 Å². The molecule has 6 nitrogen and oxygen atoms in total. The van der Waals surface area contributed by atoms with Gasteiger partial charge in [-0.1, -0.05) is 25.3 Å². The van der Waals surface area contributed by atoms with Crippen molar-refractivity contribution in [3.8, 4) is 6.07 Å². The molecule has 1 heterocycles. The summed E-state index contributed by atoms with van der Waals surface area (Å²) in [5.74, 6) is -0.183. The van der Waals surface area contributed by atoms with E-state index in [-0.39, 0.29) is 11.6 Å². The van der Waals surface area contributed by atoms with E-state index >= 15 is 0 Å². The monoisotopic (exact) mass is 298 g/mol. The van der Waals surface area contributed by atoms with Crippen LogP contribution in [0.5, 0.6) is 0 Å². The highest BCUT2D eigenvalue weighted by Gasteiger charge is 2.39. The van der Waals surface area contributed by atoms with Gasteiger partial charge in [0, 0.05) is 6.54 Å². The van der Waals surface area contributed by atoms with E-state index in [0.29, 0.717) is 24.9 Å². The molecule has 0 spiro atoms. The molecule has 1 aromatic heterocycles. The average Bonchev–Trinajstić information content (AvgIpc) is 2.92. The van der Waals surface area contributed by atoms with Crippen molar-refractivity contribution in [3.05, 3.63) is 34.2 Å². The van der Waals surface area contributed by atoms with Crippen LogP contribution in [0.3, 0.4) is 0 Å². The van der Waals surface area contributed by atoms with Gasteiger partial charge in [-0.3, -0.25) is 4.79 Å². The Kier molecular flexibility index (Phi) is 3.72. The number of amides is 1. The first-order valence-corrected chi connectivity index (χ1v) is 7.53. The Morgan fingerprint density at radius 2 is 1.95 bits per heavy atom. The fourth-order valence-corrected chi connectivity index (χ4v) is 3.09. The molecule has 1 aromatic carbocycles. The molecular formula is C16H18N4O2. The summed E-state index contributed by atoms with van der Waals surface area (Å²) in [5.41, 5.74) is 1.22. The molecule has 3 rings (SSSR count). The van der Waals surface area contributed by atoms with Crippen LogP contribution in [-0.2, 0) is 11.3 Å². The number of carbonyl (C=O) groups excluding carboxylic acids is 1. The number of imidazole rings is 1. The third-order valence-corrected chi connectivity index (χ3v) is 4.39. The number of hydrogen-bond donors (Lipinski definition) is 3. The van der Waals surface area contributed by atoms with Gasteiger partial charge >= 0.3 is 5.69 Å². The zero-order chi connectivity index (χ0) is 15.6. The van der Waals surface area contributed by atoms with Gasteiger partial charge < -0.3 is 15.3 Å². The van der Waals surface area contributed by atoms with E-state index in [1.807, 2.05) is 12.1 Å². The van der Waals surface area contributed by atoms with Gasteiger partial charge in [-0.05, 0) is 30.5 Å². The minimum Gasteiger partial charge on any atom is -0.351 e. The molecule has 3 N–H and O–H groups in total. The van der Waals surface area contributed by atoms with Gasteiger partial charge in [0.2, 0.25) is 5.91 Å². The normalized spacial score (nSPS) is 17.0. The largest absolute Gasteiger partial charge is 0.351 e. The smallest absolute Gasteiger partial charge is 0.323 e. The molecule has 22 heavy (non-hydrogen) atoms. The molecule has 0 atom stereocenters. The molecule has 0 aliphatic heterocycles. The summed E-state index contributed by atoms with van der Waals surface area (Å²) < 4.78 is 0. The Bertz CT molecular complexity index is 790. The van der Waals surface area contributed by atoms with Crippen molar-refractivity contribution in [1.82, 2.24) is 15.3 Å². The summed E-state index contributed by atoms with van der Waals surface area (Å²) in [6, 6.07) is 7.70. The molecule has 1 fully saturated rings. The van der Waals surface area contributed by atoms with Crippen molar-refractivity contribution in [1.29, 1.82) is 5.26 Å². The van der Waals surface area contributed by atoms with Crippen LogP contribution < -0.4 is 11.0 Å². The molecule has 1 amide bonds. The zero-order valence-corrected chi connectivity index (χ0v) is 12.2. The number of carbonyl (C=O) groups is 1. The third kappa shape index (κ3) is 2.62. The maximum atomic E-state index is 12.4. The fourth-order valence-electron chi connectivity index (χ4n) is 3.09. The average molecular weight is 298 g/mol. The molecule has 1 aliphatic rings. The summed E-state index contributed by atoms with van der Waals surface area (Å²) in [5, 5.41) is 12.3. The summed E-state index contributed by atoms with van der Waals surface area (Å²) in [4.78, 5) is 29.0. The van der Waals surface area contributed by atoms with Crippen molar-refractivity contribution in [2.24, 2.45) is 5.41 Å². The minimum atomic E-state index is -0.870. The Balaban J connectivity index is 1.71. The summed E-state index contributed by atoms with van der Waals surface area (Å²) in [6.07, 6.45) is 4.22. The fraction of sp³-hybridized carbons (Fsp3) is 0.438. The highest BCUT2D eigenvalue weighted by Crippen LogP contribution is 2.35. The molecule has 0 unspecified atom stereocenters. The van der Waals surface area contributed by atoms with Gasteiger partial charge in [-0.2, -0.15) is 5.26 Å². The molecule has 0 radical (unpaired) electrons. The second kappa shape index (κ2) is 5.68. The van der Waals surface area contributed by atoms with Crippen LogP contribution in [-0.4, -0.2) is 15.9 Å². The molecule has 0 saturated heterocycles. The minimum absolute atomic E-state index is 0.183. The standard InChI is InChI=1S/C16H18N4O2/c17-10-16(6-2-1-3-7-16)14(21)18-9-11-4-5-12-13(8-11)20-15(22)19-12/h4-5,8H,1-3,6-7,9H2,(H,18,21)(H2,19,20,22). The zero-order valence-electron chi connectivity index (χ0n) is 12.2. The Morgan fingerprint density at radius 1 is 1.23 bits per heavy atom. The van der Waals surface area contributed by atoms with E-state index in [0.717, 1.165) is 30.3 Å². The third-order valence-electron chi connectivity index (χ3n) is 4.39. The van der Waals surface area contributed by atoms with Crippen molar-refractivity contribution < 1.29 is 4.79 Å². The predicted molar refractivity (Wildman–Crippen MR) is 81.9 cm³/mol. The summed E-state index contributed by atoms with van der Waals surface area (Å²) in [7, 11) is 0. The van der Waals surface area contributed by atoms with E-state index < -0.39 is 5.41 Å². The molecule has 1 aliphatic carbocycles. The first-order chi connectivity index (χ1) is 10.6. The quantitative estimate of drug-likeness (QED) is 0.807. The number of nitriles is 1. The number of rotatable bonds is 3. The number of nitrogens with zero attached hydrogens (tertiary/aromatic N) is 1. The van der Waals surface area contributed by atoms with Crippen LogP contribution >= 0.6 is 0 Å². The topological polar surface area (TPSA) is 102 Å². The first-order valence-electron chi connectivity index (χ1n) is 7.53. The van der Waals surface area contributed by atoms with Gasteiger partial charge in [-0.15, -0.1) is 0 Å². The maximum absolute atomic E-state index is 12.4. The van der Waals surface area contributed by atoms with Crippen LogP contribution in [0.25, 0.3) is 11.0 Å². The van der Waals surface area contributed by atoms with Crippen LogP contribution in [0, 0.1) is 16.7 Å². The Hall–Kier alpha value is -2.55. The second-order valence-corrected chi connectivity index (χ2v) is 5.90. The first kappa shape index (κ1) is 14.4. The van der Waals surface area contributed by atoms with Crippen LogP contribution in [0.1, 0.15) is 37.7 Å². The SMILES string of the molecule is N#CC1(C(=O)NCc2ccc3[nH]c(=O)[nH]c3c2)CCCCC1. The molecule has 1 saturated carbocycles. The Morgan fingerprint density at radius 3 is 2.68 bits per heavy atom. The van der Waals surface area contributed by atoms with Crippen molar-refractivity contribution in [2.45, 2.75) is 38.6 Å². The van der Waals surface area contributed by atoms with Crippen LogP contribution in [0.15, 0.2) is 23.0 Å². The molecule has 114 valence electrons. The lowest BCUT2D eigenvalue weighted by molar-refractivity contribution is -0.129. The van der Waals surface area contributed by atoms with Crippen molar-refractivity contribution >= 4 is 16.9 Å². The molecular weight excluding hydrogens is 280 g/mol. The lowest BCUT2D eigenvalue weighted by Crippen LogP contribution is -2.41. The number of aromatic nitrogens is 2. The van der Waals surface area contributed by atoms with E-state index in [2.05, 4.69) is 21.4 Å². The van der Waals surface area contributed by atoms with Crippen molar-refractivity contribution in [2.75, 3.05) is 0 Å². The van der Waals surface area contributed by atoms with E-state index in [4.69, 9.17) is 0 Å². The van der Waals surface area contributed by atoms with Crippen LogP contribution in [0.4, 0.5) is 0 Å². The number of nitrogens with one attached hydrogen (secondary N) is 3. The van der Waals surface area contributed by atoms with E-state index in [1.54, 1.807) is 6.07 Å². The lowest BCUT2D eigenvalue weighted by atomic mass is 9.74. The van der Waals surface area contributed by atoms with Crippen LogP contribution in [0.2, 0.25) is 0 Å². The Labute approximate surface area is 127 Å². The van der Waals surface area contributed by atoms with E-state index in [1.165, 1.54) is 0 Å². The summed E-state index contributed by atoms with van der Waals surface area (Å²) in [6.45, 7) is 0.353. The maximum Gasteiger partial charge on any atom is 0.323 e. The summed E-state index contributed by atoms with van der Waals surface area (Å²) >= 11 is 0. The van der Waals surface area contributed by atoms with Gasteiger partial charge in [-0.25, -0.2) is 4.79 Å². The molecule has 2 aromatic rings. The highest BCUT2D eigenvalue weighted by molar-refractivity contribution is 5.85. The number of benzene rings is 1. The number of fused-ring (bicyclic) bond motifs is 1. The lowest BCUT2D eigenvalue weighted by Gasteiger charge is -2.29. The van der Waals surface area contributed by atoms with Gasteiger partial charge in [0.15, 0.2) is 0 Å². The van der Waals surface area contributed by atoms with Crippen molar-refractivity contribution in [3.63, 3.8) is 0 Å². The number of H-pyrrole nitrogens is 2. The highest BCUT2D eigenvalue weighted by atomic mass is 16.2.